The van der Waals surface area contributed by atoms with E-state index < -0.39 is 0 Å². The molecule has 6 nitrogen and oxygen atoms in total. The van der Waals surface area contributed by atoms with Crippen LogP contribution in [0.4, 0.5) is 5.82 Å². The monoisotopic (exact) mass is 289 g/mol. The summed E-state index contributed by atoms with van der Waals surface area (Å²) in [6.45, 7) is 1.84. The molecule has 3 heterocycles. The molecule has 0 saturated carbocycles. The first-order chi connectivity index (χ1) is 9.70. The molecule has 1 aliphatic rings. The molecule has 1 fully saturated rings. The number of hydrogen-bond acceptors (Lipinski definition) is 5. The number of anilines is 1. The van der Waals surface area contributed by atoms with Crippen LogP contribution in [0.25, 0.3) is 11.4 Å². The van der Waals surface area contributed by atoms with Crippen molar-refractivity contribution in [1.82, 2.24) is 20.2 Å². The average molecular weight is 289 g/mol. The van der Waals surface area contributed by atoms with Crippen LogP contribution in [0.15, 0.2) is 18.3 Å². The molecule has 0 atom stereocenters. The van der Waals surface area contributed by atoms with Gasteiger partial charge in [0.2, 0.25) is 5.91 Å². The summed E-state index contributed by atoms with van der Waals surface area (Å²) in [7, 11) is 0. The number of rotatable bonds is 4. The molecule has 1 amide bonds. The molecule has 0 spiro atoms. The zero-order chi connectivity index (χ0) is 13.9. The first kappa shape index (κ1) is 13.1. The number of nitrogens with zero attached hydrogens (tertiary/aromatic N) is 3. The van der Waals surface area contributed by atoms with Crippen molar-refractivity contribution in [2.75, 3.05) is 16.8 Å². The quantitative estimate of drug-likeness (QED) is 0.897. The van der Waals surface area contributed by atoms with Gasteiger partial charge < -0.3 is 5.32 Å². The van der Waals surface area contributed by atoms with Crippen LogP contribution in [-0.2, 0) is 4.79 Å². The number of thioether (sulfide) groups is 1. The van der Waals surface area contributed by atoms with Gasteiger partial charge >= 0.3 is 0 Å². The molecule has 2 N–H and O–H groups in total. The third kappa shape index (κ3) is 2.98. The third-order valence-electron chi connectivity index (χ3n) is 3.06. The molecule has 1 saturated heterocycles. The minimum atomic E-state index is 0.0196. The summed E-state index contributed by atoms with van der Waals surface area (Å²) in [5.74, 6) is 4.60. The molecule has 2 aromatic rings. The van der Waals surface area contributed by atoms with Crippen molar-refractivity contribution in [3.05, 3.63) is 24.2 Å². The van der Waals surface area contributed by atoms with Crippen LogP contribution in [0, 0.1) is 12.8 Å². The number of H-pyrrole nitrogens is 1. The van der Waals surface area contributed by atoms with Crippen LogP contribution >= 0.6 is 11.8 Å². The topological polar surface area (TPSA) is 83.6 Å². The van der Waals surface area contributed by atoms with Crippen molar-refractivity contribution in [1.29, 1.82) is 0 Å². The lowest BCUT2D eigenvalue weighted by Gasteiger charge is -2.23. The number of carbonyl (C=O) groups is 1. The van der Waals surface area contributed by atoms with E-state index in [0.717, 1.165) is 22.9 Å². The molecule has 0 radical (unpaired) electrons. The van der Waals surface area contributed by atoms with E-state index in [1.807, 2.05) is 24.8 Å². The summed E-state index contributed by atoms with van der Waals surface area (Å²) < 4.78 is 0. The van der Waals surface area contributed by atoms with Crippen molar-refractivity contribution in [2.24, 2.45) is 5.92 Å². The normalized spacial score (nSPS) is 14.8. The molecule has 0 bridgehead atoms. The molecular formula is C13H15N5OS. The maximum absolute atomic E-state index is 11.9. The van der Waals surface area contributed by atoms with Gasteiger partial charge in [-0.1, -0.05) is 0 Å². The lowest BCUT2D eigenvalue weighted by atomic mass is 10.1. The van der Waals surface area contributed by atoms with E-state index in [0.29, 0.717) is 24.0 Å². The summed E-state index contributed by atoms with van der Waals surface area (Å²) in [5, 5.41) is 9.73. The summed E-state index contributed by atoms with van der Waals surface area (Å²) in [4.78, 5) is 20.3. The average Bonchev–Trinajstić information content (AvgIpc) is 2.81. The molecular weight excluding hydrogens is 274 g/mol. The maximum Gasteiger partial charge on any atom is 0.225 e. The fraction of sp³-hybridized carbons (Fsp3) is 0.385. The van der Waals surface area contributed by atoms with Gasteiger partial charge in [0.15, 0.2) is 5.82 Å². The van der Waals surface area contributed by atoms with E-state index in [4.69, 9.17) is 0 Å². The highest BCUT2D eigenvalue weighted by molar-refractivity contribution is 8.00. The van der Waals surface area contributed by atoms with Gasteiger partial charge in [-0.2, -0.15) is 16.9 Å². The van der Waals surface area contributed by atoms with E-state index in [9.17, 15) is 4.79 Å². The Hall–Kier alpha value is -1.89. The molecule has 2 aromatic heterocycles. The molecule has 0 unspecified atom stereocenters. The number of aromatic nitrogens is 4. The van der Waals surface area contributed by atoms with Gasteiger partial charge in [-0.15, -0.1) is 0 Å². The van der Waals surface area contributed by atoms with Gasteiger partial charge in [0.1, 0.15) is 11.6 Å². The molecule has 0 aliphatic carbocycles. The predicted octanol–water partition coefficient (Wildman–Crippen LogP) is 1.87. The molecule has 20 heavy (non-hydrogen) atoms. The highest BCUT2D eigenvalue weighted by Gasteiger charge is 2.21. The van der Waals surface area contributed by atoms with E-state index in [1.54, 1.807) is 12.3 Å². The van der Waals surface area contributed by atoms with E-state index in [-0.39, 0.29) is 5.91 Å². The Labute approximate surface area is 120 Å². The van der Waals surface area contributed by atoms with Gasteiger partial charge in [-0.25, -0.2) is 9.97 Å². The van der Waals surface area contributed by atoms with Crippen LogP contribution in [0.5, 0.6) is 0 Å². The Bertz CT molecular complexity index is 623. The standard InChI is InChI=1S/C13H15N5OS/c1-8-15-13(18-17-8)10-2-3-14-11(5-10)16-12(19)4-9-6-20-7-9/h2-3,5,9H,4,6-7H2,1H3,(H,14,16,19)(H,15,17,18). The minimum Gasteiger partial charge on any atom is -0.311 e. The Kier molecular flexibility index (Phi) is 3.68. The molecule has 104 valence electrons. The van der Waals surface area contributed by atoms with Gasteiger partial charge in [-0.05, 0) is 36.5 Å². The summed E-state index contributed by atoms with van der Waals surface area (Å²) in [6.07, 6.45) is 2.22. The van der Waals surface area contributed by atoms with E-state index >= 15 is 0 Å². The lowest BCUT2D eigenvalue weighted by molar-refractivity contribution is -0.116. The highest BCUT2D eigenvalue weighted by Crippen LogP contribution is 2.27. The Morgan fingerprint density at radius 1 is 1.55 bits per heavy atom. The number of pyridine rings is 1. The second kappa shape index (κ2) is 5.62. The highest BCUT2D eigenvalue weighted by atomic mass is 32.2. The number of amides is 1. The number of carbonyl (C=O) groups excluding carboxylic acids is 1. The zero-order valence-electron chi connectivity index (χ0n) is 11.1. The van der Waals surface area contributed by atoms with Crippen molar-refractivity contribution >= 4 is 23.5 Å². The fourth-order valence-corrected chi connectivity index (χ4v) is 2.77. The van der Waals surface area contributed by atoms with Gasteiger partial charge in [0.05, 0.1) is 0 Å². The van der Waals surface area contributed by atoms with Gasteiger partial charge in [0, 0.05) is 18.2 Å². The van der Waals surface area contributed by atoms with Gasteiger partial charge in [-0.3, -0.25) is 9.89 Å². The van der Waals surface area contributed by atoms with Crippen LogP contribution in [-0.4, -0.2) is 37.6 Å². The van der Waals surface area contributed by atoms with Crippen molar-refractivity contribution in [3.63, 3.8) is 0 Å². The first-order valence-corrected chi connectivity index (χ1v) is 7.59. The largest absolute Gasteiger partial charge is 0.311 e. The third-order valence-corrected chi connectivity index (χ3v) is 4.48. The smallest absolute Gasteiger partial charge is 0.225 e. The summed E-state index contributed by atoms with van der Waals surface area (Å²) >= 11 is 1.88. The SMILES string of the molecule is Cc1nc(-c2ccnc(NC(=O)CC3CSC3)c2)n[nH]1. The maximum atomic E-state index is 11.9. The fourth-order valence-electron chi connectivity index (χ4n) is 1.97. The Balaban J connectivity index is 1.69. The summed E-state index contributed by atoms with van der Waals surface area (Å²) in [6, 6.07) is 3.61. The molecule has 1 aliphatic heterocycles. The number of hydrogen-bond donors (Lipinski definition) is 2. The van der Waals surface area contributed by atoms with Crippen molar-refractivity contribution < 1.29 is 4.79 Å². The first-order valence-electron chi connectivity index (χ1n) is 6.44. The predicted molar refractivity (Wildman–Crippen MR) is 78.4 cm³/mol. The number of aryl methyl sites for hydroxylation is 1. The molecule has 3 rings (SSSR count). The minimum absolute atomic E-state index is 0.0196. The van der Waals surface area contributed by atoms with E-state index in [2.05, 4.69) is 25.5 Å². The van der Waals surface area contributed by atoms with Crippen LogP contribution in [0.2, 0.25) is 0 Å². The van der Waals surface area contributed by atoms with E-state index in [1.165, 1.54) is 0 Å². The molecule has 0 aromatic carbocycles. The lowest BCUT2D eigenvalue weighted by Crippen LogP contribution is -2.25. The second-order valence-electron chi connectivity index (χ2n) is 4.83. The Morgan fingerprint density at radius 2 is 2.40 bits per heavy atom. The van der Waals surface area contributed by atoms with Crippen LogP contribution < -0.4 is 5.32 Å². The van der Waals surface area contributed by atoms with Crippen molar-refractivity contribution in [3.8, 4) is 11.4 Å². The van der Waals surface area contributed by atoms with Crippen LogP contribution in [0.3, 0.4) is 0 Å². The summed E-state index contributed by atoms with van der Waals surface area (Å²) in [5.41, 5.74) is 0.832. The van der Waals surface area contributed by atoms with Crippen molar-refractivity contribution in [2.45, 2.75) is 13.3 Å². The number of nitrogens with one attached hydrogen (secondary N) is 2. The van der Waals surface area contributed by atoms with Gasteiger partial charge in [0.25, 0.3) is 0 Å². The molecule has 7 heteroatoms. The zero-order valence-corrected chi connectivity index (χ0v) is 11.9. The number of aromatic amines is 1. The second-order valence-corrected chi connectivity index (χ2v) is 5.90. The van der Waals surface area contributed by atoms with Crippen LogP contribution in [0.1, 0.15) is 12.2 Å². The Morgan fingerprint density at radius 3 is 3.05 bits per heavy atom.